The van der Waals surface area contributed by atoms with Gasteiger partial charge in [0.05, 0.1) is 6.10 Å². The second kappa shape index (κ2) is 4.68. The normalized spacial score (nSPS) is 45.4. The minimum atomic E-state index is -0.00224. The van der Waals surface area contributed by atoms with Gasteiger partial charge in [0.25, 0.3) is 0 Å². The molecule has 0 aromatic carbocycles. The smallest absolute Gasteiger partial charge is 0.0573 e. The van der Waals surface area contributed by atoms with Gasteiger partial charge in [-0.3, -0.25) is 0 Å². The first-order chi connectivity index (χ1) is 7.59. The lowest BCUT2D eigenvalue weighted by Crippen LogP contribution is -2.41. The first-order valence-electron chi connectivity index (χ1n) is 7.27. The molecule has 2 rings (SSSR count). The Kier molecular flexibility index (Phi) is 3.63. The molecule has 0 aromatic heterocycles. The van der Waals surface area contributed by atoms with Gasteiger partial charge in [0.15, 0.2) is 0 Å². The molecule has 2 fully saturated rings. The molecule has 94 valence electrons. The van der Waals surface area contributed by atoms with Gasteiger partial charge >= 0.3 is 0 Å². The predicted octanol–water partition coefficient (Wildman–Crippen LogP) is 4.00. The van der Waals surface area contributed by atoms with Crippen LogP contribution in [0.3, 0.4) is 0 Å². The Morgan fingerprint density at radius 2 is 2.06 bits per heavy atom. The zero-order chi connectivity index (χ0) is 11.8. The van der Waals surface area contributed by atoms with Gasteiger partial charge in [-0.05, 0) is 48.9 Å². The average molecular weight is 224 g/mol. The maximum atomic E-state index is 10.2. The maximum Gasteiger partial charge on any atom is 0.0573 e. The van der Waals surface area contributed by atoms with Crippen LogP contribution < -0.4 is 0 Å². The molecular formula is C15H28O. The fourth-order valence-corrected chi connectivity index (χ4v) is 4.78. The number of aliphatic hydroxyl groups excluding tert-OH is 1. The summed E-state index contributed by atoms with van der Waals surface area (Å²) < 4.78 is 0. The topological polar surface area (TPSA) is 20.2 Å². The zero-order valence-electron chi connectivity index (χ0n) is 11.2. The molecule has 16 heavy (non-hydrogen) atoms. The second-order valence-electron chi connectivity index (χ2n) is 6.52. The molecule has 1 heteroatoms. The highest BCUT2D eigenvalue weighted by Crippen LogP contribution is 2.58. The van der Waals surface area contributed by atoms with Crippen molar-refractivity contribution in [2.24, 2.45) is 23.2 Å². The van der Waals surface area contributed by atoms with E-state index in [2.05, 4.69) is 20.8 Å². The first kappa shape index (κ1) is 12.4. The van der Waals surface area contributed by atoms with Crippen LogP contribution in [0.4, 0.5) is 0 Å². The van der Waals surface area contributed by atoms with Crippen molar-refractivity contribution in [3.8, 4) is 0 Å². The van der Waals surface area contributed by atoms with Crippen LogP contribution in [0, 0.1) is 23.2 Å². The highest BCUT2D eigenvalue weighted by molar-refractivity contribution is 5.01. The molecule has 0 radical (unpaired) electrons. The number of hydrogen-bond acceptors (Lipinski definition) is 1. The second-order valence-corrected chi connectivity index (χ2v) is 6.52. The lowest BCUT2D eigenvalue weighted by Gasteiger charge is -2.45. The Labute approximate surface area is 101 Å². The third-order valence-corrected chi connectivity index (χ3v) is 5.59. The van der Waals surface area contributed by atoms with Crippen LogP contribution in [0.15, 0.2) is 0 Å². The largest absolute Gasteiger partial charge is 0.393 e. The fourth-order valence-electron chi connectivity index (χ4n) is 4.78. The van der Waals surface area contributed by atoms with Gasteiger partial charge in [-0.25, -0.2) is 0 Å². The molecule has 1 nitrogen and oxygen atoms in total. The average Bonchev–Trinajstić information content (AvgIpc) is 2.57. The molecule has 0 aliphatic heterocycles. The molecule has 0 saturated heterocycles. The summed E-state index contributed by atoms with van der Waals surface area (Å²) in [5.74, 6) is 2.32. The van der Waals surface area contributed by atoms with E-state index in [0.717, 1.165) is 18.3 Å². The van der Waals surface area contributed by atoms with Crippen molar-refractivity contribution in [1.82, 2.24) is 0 Å². The summed E-state index contributed by atoms with van der Waals surface area (Å²) in [6.45, 7) is 7.19. The van der Waals surface area contributed by atoms with Crippen LogP contribution in [0.25, 0.3) is 0 Å². The van der Waals surface area contributed by atoms with Crippen LogP contribution in [-0.2, 0) is 0 Å². The van der Waals surface area contributed by atoms with Crippen molar-refractivity contribution in [2.45, 2.75) is 71.8 Å². The van der Waals surface area contributed by atoms with Crippen LogP contribution in [-0.4, -0.2) is 11.2 Å². The molecule has 2 aliphatic carbocycles. The SMILES string of the molecule is CCC[C@H](C)C1CCC2C(O)CCC[C@@]21C. The van der Waals surface area contributed by atoms with Crippen LogP contribution >= 0.6 is 0 Å². The van der Waals surface area contributed by atoms with Gasteiger partial charge in [-0.15, -0.1) is 0 Å². The Balaban J connectivity index is 2.11. The Hall–Kier alpha value is -0.0400. The molecule has 0 heterocycles. The van der Waals surface area contributed by atoms with E-state index in [1.165, 1.54) is 38.5 Å². The summed E-state index contributed by atoms with van der Waals surface area (Å²) in [6, 6.07) is 0. The monoisotopic (exact) mass is 224 g/mol. The van der Waals surface area contributed by atoms with E-state index < -0.39 is 0 Å². The van der Waals surface area contributed by atoms with E-state index >= 15 is 0 Å². The Morgan fingerprint density at radius 3 is 2.75 bits per heavy atom. The molecule has 3 unspecified atom stereocenters. The van der Waals surface area contributed by atoms with Gasteiger partial charge in [0.2, 0.25) is 0 Å². The van der Waals surface area contributed by atoms with Crippen molar-refractivity contribution in [1.29, 1.82) is 0 Å². The lowest BCUT2D eigenvalue weighted by molar-refractivity contribution is -0.0276. The molecule has 1 N–H and O–H groups in total. The lowest BCUT2D eigenvalue weighted by atomic mass is 9.61. The summed E-state index contributed by atoms with van der Waals surface area (Å²) in [5.41, 5.74) is 0.451. The highest BCUT2D eigenvalue weighted by atomic mass is 16.3. The van der Waals surface area contributed by atoms with Crippen molar-refractivity contribution < 1.29 is 5.11 Å². The fraction of sp³-hybridized carbons (Fsp3) is 1.00. The minimum absolute atomic E-state index is 0.00224. The molecule has 2 saturated carbocycles. The predicted molar refractivity (Wildman–Crippen MR) is 68.3 cm³/mol. The molecule has 5 atom stereocenters. The summed E-state index contributed by atoms with van der Waals surface area (Å²) in [5, 5.41) is 10.2. The van der Waals surface area contributed by atoms with E-state index in [1.54, 1.807) is 0 Å². The van der Waals surface area contributed by atoms with Gasteiger partial charge < -0.3 is 5.11 Å². The van der Waals surface area contributed by atoms with E-state index in [1.807, 2.05) is 0 Å². The minimum Gasteiger partial charge on any atom is -0.393 e. The van der Waals surface area contributed by atoms with E-state index in [4.69, 9.17) is 0 Å². The molecule has 0 spiro atoms. The molecule has 0 bridgehead atoms. The van der Waals surface area contributed by atoms with Crippen molar-refractivity contribution in [2.75, 3.05) is 0 Å². The van der Waals surface area contributed by atoms with E-state index in [-0.39, 0.29) is 6.10 Å². The molecule has 0 aromatic rings. The first-order valence-corrected chi connectivity index (χ1v) is 7.27. The van der Waals surface area contributed by atoms with Crippen molar-refractivity contribution in [3.05, 3.63) is 0 Å². The molecular weight excluding hydrogens is 196 g/mol. The number of fused-ring (bicyclic) bond motifs is 1. The van der Waals surface area contributed by atoms with Gasteiger partial charge in [0, 0.05) is 0 Å². The van der Waals surface area contributed by atoms with Crippen LogP contribution in [0.5, 0.6) is 0 Å². The molecule has 0 amide bonds. The van der Waals surface area contributed by atoms with E-state index in [0.29, 0.717) is 11.3 Å². The summed E-state index contributed by atoms with van der Waals surface area (Å²) >= 11 is 0. The summed E-state index contributed by atoms with van der Waals surface area (Å²) in [6.07, 6.45) is 8.95. The number of rotatable bonds is 3. The Morgan fingerprint density at radius 1 is 1.31 bits per heavy atom. The van der Waals surface area contributed by atoms with Crippen molar-refractivity contribution >= 4 is 0 Å². The number of aliphatic hydroxyl groups is 1. The highest BCUT2D eigenvalue weighted by Gasteiger charge is 2.51. The molecule has 2 aliphatic rings. The van der Waals surface area contributed by atoms with Crippen molar-refractivity contribution in [3.63, 3.8) is 0 Å². The summed E-state index contributed by atoms with van der Waals surface area (Å²) in [7, 11) is 0. The Bertz CT molecular complexity index is 238. The van der Waals surface area contributed by atoms with Gasteiger partial charge in [-0.1, -0.05) is 40.0 Å². The van der Waals surface area contributed by atoms with Gasteiger partial charge in [0.1, 0.15) is 0 Å². The quantitative estimate of drug-likeness (QED) is 0.768. The van der Waals surface area contributed by atoms with Crippen LogP contribution in [0.1, 0.15) is 65.7 Å². The third kappa shape index (κ3) is 1.92. The van der Waals surface area contributed by atoms with Gasteiger partial charge in [-0.2, -0.15) is 0 Å². The number of hydrogen-bond donors (Lipinski definition) is 1. The standard InChI is InChI=1S/C15H28O/c1-4-6-11(2)12-8-9-13-14(16)7-5-10-15(12,13)3/h11-14,16H,4-10H2,1-3H3/t11-,12?,13?,14?,15+/m0/s1. The third-order valence-electron chi connectivity index (χ3n) is 5.59. The van der Waals surface area contributed by atoms with Crippen LogP contribution in [0.2, 0.25) is 0 Å². The maximum absolute atomic E-state index is 10.2. The zero-order valence-corrected chi connectivity index (χ0v) is 11.2. The van der Waals surface area contributed by atoms with E-state index in [9.17, 15) is 5.11 Å². The summed E-state index contributed by atoms with van der Waals surface area (Å²) in [4.78, 5) is 0.